The highest BCUT2D eigenvalue weighted by molar-refractivity contribution is 5.76. The Morgan fingerprint density at radius 1 is 1.04 bits per heavy atom. The fourth-order valence-corrected chi connectivity index (χ4v) is 2.94. The van der Waals surface area contributed by atoms with E-state index >= 15 is 0 Å². The first kappa shape index (κ1) is 25.7. The summed E-state index contributed by atoms with van der Waals surface area (Å²) < 4.78 is 5.58. The average Bonchev–Trinajstić information content (AvgIpc) is 2.87. The highest BCUT2D eigenvalue weighted by atomic mass is 16.5. The van der Waals surface area contributed by atoms with Gasteiger partial charge >= 0.3 is 5.97 Å². The Labute approximate surface area is 152 Å². The third-order valence-corrected chi connectivity index (χ3v) is 4.85. The topological polar surface area (TPSA) is 29.5 Å². The minimum atomic E-state index is -0.326. The summed E-state index contributed by atoms with van der Waals surface area (Å²) in [6.45, 7) is 20.2. The zero-order chi connectivity index (χ0) is 19.0. The second-order valence-electron chi connectivity index (χ2n) is 6.71. The van der Waals surface area contributed by atoms with Crippen LogP contribution in [0.25, 0.3) is 0 Å². The lowest BCUT2D eigenvalue weighted by molar-refractivity contribution is -0.158. The van der Waals surface area contributed by atoms with Crippen LogP contribution in [0.4, 0.5) is 0 Å². The molecule has 0 amide bonds. The summed E-state index contributed by atoms with van der Waals surface area (Å²) >= 11 is 0. The highest BCUT2D eigenvalue weighted by Gasteiger charge is 2.37. The van der Waals surface area contributed by atoms with Gasteiger partial charge in [-0.05, 0) is 45.2 Å². The van der Waals surface area contributed by atoms with E-state index in [4.69, 9.17) is 4.74 Å². The van der Waals surface area contributed by atoms with Crippen LogP contribution >= 0.6 is 0 Å². The van der Waals surface area contributed by atoms with Gasteiger partial charge in [-0.15, -0.1) is 0 Å². The van der Waals surface area contributed by atoms with E-state index in [1.807, 2.05) is 27.7 Å². The Kier molecular flexibility index (Phi) is 17.0. The molecule has 0 saturated carbocycles. The van der Waals surface area contributed by atoms with Gasteiger partial charge in [-0.2, -0.15) is 0 Å². The van der Waals surface area contributed by atoms with Gasteiger partial charge in [0.25, 0.3) is 0 Å². The molecule has 0 spiro atoms. The number of nitrogens with zero attached hydrogens (tertiary/aromatic N) is 1. The average molecular weight is 344 g/mol. The van der Waals surface area contributed by atoms with E-state index in [9.17, 15) is 4.79 Å². The third kappa shape index (κ3) is 9.66. The van der Waals surface area contributed by atoms with Crippen molar-refractivity contribution in [3.63, 3.8) is 0 Å². The summed E-state index contributed by atoms with van der Waals surface area (Å²) in [5, 5.41) is 0. The van der Waals surface area contributed by atoms with Gasteiger partial charge in [0.1, 0.15) is 6.61 Å². The summed E-state index contributed by atoms with van der Waals surface area (Å²) in [7, 11) is 0. The SMILES string of the molecule is CC.CC.CCCC(C)(C(=O)OCCN1CCCCCC1)C(C)C. The minimum Gasteiger partial charge on any atom is -0.464 e. The molecule has 1 saturated heterocycles. The maximum Gasteiger partial charge on any atom is 0.312 e. The molecular formula is C21H45NO2. The van der Waals surface area contributed by atoms with Crippen molar-refractivity contribution in [3.8, 4) is 0 Å². The summed E-state index contributed by atoms with van der Waals surface area (Å²) in [5.41, 5.74) is -0.326. The Bertz CT molecular complexity index is 284. The van der Waals surface area contributed by atoms with E-state index in [0.29, 0.717) is 12.5 Å². The van der Waals surface area contributed by atoms with Crippen molar-refractivity contribution in [2.45, 2.75) is 93.9 Å². The molecule has 0 aromatic rings. The normalized spacial score (nSPS) is 17.5. The Morgan fingerprint density at radius 2 is 1.54 bits per heavy atom. The van der Waals surface area contributed by atoms with Crippen molar-refractivity contribution in [2.75, 3.05) is 26.2 Å². The summed E-state index contributed by atoms with van der Waals surface area (Å²) in [4.78, 5) is 14.8. The van der Waals surface area contributed by atoms with Gasteiger partial charge in [0.2, 0.25) is 0 Å². The Balaban J connectivity index is 0. The van der Waals surface area contributed by atoms with Crippen molar-refractivity contribution in [1.82, 2.24) is 4.90 Å². The molecule has 1 unspecified atom stereocenters. The predicted molar refractivity (Wildman–Crippen MR) is 106 cm³/mol. The summed E-state index contributed by atoms with van der Waals surface area (Å²) in [5.74, 6) is 0.317. The highest BCUT2D eigenvalue weighted by Crippen LogP contribution is 2.33. The first-order valence-electron chi connectivity index (χ1n) is 10.4. The lowest BCUT2D eigenvalue weighted by Crippen LogP contribution is -2.37. The van der Waals surface area contributed by atoms with Crippen LogP contribution in [0.3, 0.4) is 0 Å². The van der Waals surface area contributed by atoms with Crippen molar-refractivity contribution in [1.29, 1.82) is 0 Å². The number of carbonyl (C=O) groups is 1. The molecule has 146 valence electrons. The second-order valence-corrected chi connectivity index (χ2v) is 6.71. The molecule has 1 atom stereocenters. The van der Waals surface area contributed by atoms with Crippen molar-refractivity contribution in [3.05, 3.63) is 0 Å². The summed E-state index contributed by atoms with van der Waals surface area (Å²) in [6, 6.07) is 0. The van der Waals surface area contributed by atoms with Crippen LogP contribution in [-0.4, -0.2) is 37.1 Å². The van der Waals surface area contributed by atoms with Crippen molar-refractivity contribution >= 4 is 5.97 Å². The van der Waals surface area contributed by atoms with Crippen LogP contribution in [-0.2, 0) is 9.53 Å². The lowest BCUT2D eigenvalue weighted by Gasteiger charge is -2.31. The first-order valence-corrected chi connectivity index (χ1v) is 10.4. The smallest absolute Gasteiger partial charge is 0.312 e. The Morgan fingerprint density at radius 3 is 1.96 bits per heavy atom. The zero-order valence-corrected chi connectivity index (χ0v) is 17.9. The van der Waals surface area contributed by atoms with E-state index in [-0.39, 0.29) is 11.4 Å². The minimum absolute atomic E-state index is 0.0100. The van der Waals surface area contributed by atoms with E-state index < -0.39 is 0 Å². The molecule has 1 aliphatic heterocycles. The molecule has 1 heterocycles. The van der Waals surface area contributed by atoms with Crippen LogP contribution < -0.4 is 0 Å². The number of rotatable bonds is 7. The maximum absolute atomic E-state index is 12.4. The van der Waals surface area contributed by atoms with Crippen molar-refractivity contribution in [2.24, 2.45) is 11.3 Å². The third-order valence-electron chi connectivity index (χ3n) is 4.85. The van der Waals surface area contributed by atoms with Crippen molar-refractivity contribution < 1.29 is 9.53 Å². The molecular weight excluding hydrogens is 298 g/mol. The number of hydrogen-bond donors (Lipinski definition) is 0. The van der Waals surface area contributed by atoms with E-state index in [1.54, 1.807) is 0 Å². The number of likely N-dealkylation sites (tertiary alicyclic amines) is 1. The van der Waals surface area contributed by atoms with Gasteiger partial charge in [-0.3, -0.25) is 9.69 Å². The number of carbonyl (C=O) groups excluding carboxylic acids is 1. The molecule has 3 heteroatoms. The van der Waals surface area contributed by atoms with Crippen LogP contribution in [0.15, 0.2) is 0 Å². The standard InChI is InChI=1S/C17H33NO2.2C2H6/c1-5-10-17(4,15(2)3)16(19)20-14-13-18-11-8-6-7-9-12-18;2*1-2/h15H,5-14H2,1-4H3;2*1-2H3. The molecule has 0 radical (unpaired) electrons. The predicted octanol–water partition coefficient (Wildman–Crippen LogP) is 5.92. The van der Waals surface area contributed by atoms with E-state index in [0.717, 1.165) is 32.5 Å². The first-order chi connectivity index (χ1) is 11.5. The van der Waals surface area contributed by atoms with Gasteiger partial charge in [0, 0.05) is 6.54 Å². The molecule has 0 N–H and O–H groups in total. The van der Waals surface area contributed by atoms with E-state index in [2.05, 4.69) is 32.6 Å². The van der Waals surface area contributed by atoms with Crippen LogP contribution in [0, 0.1) is 11.3 Å². The molecule has 1 fully saturated rings. The maximum atomic E-state index is 12.4. The largest absolute Gasteiger partial charge is 0.464 e. The monoisotopic (exact) mass is 343 g/mol. The Hall–Kier alpha value is -0.570. The summed E-state index contributed by atoms with van der Waals surface area (Å²) in [6.07, 6.45) is 7.19. The fourth-order valence-electron chi connectivity index (χ4n) is 2.94. The number of ether oxygens (including phenoxy) is 1. The van der Waals surface area contributed by atoms with Crippen LogP contribution in [0.2, 0.25) is 0 Å². The van der Waals surface area contributed by atoms with E-state index in [1.165, 1.54) is 25.7 Å². The lowest BCUT2D eigenvalue weighted by atomic mass is 9.75. The molecule has 0 aromatic carbocycles. The zero-order valence-electron chi connectivity index (χ0n) is 17.9. The molecule has 1 aliphatic rings. The molecule has 1 rings (SSSR count). The fraction of sp³-hybridized carbons (Fsp3) is 0.952. The van der Waals surface area contributed by atoms with Gasteiger partial charge in [-0.25, -0.2) is 0 Å². The number of hydrogen-bond acceptors (Lipinski definition) is 3. The molecule has 0 aromatic heterocycles. The van der Waals surface area contributed by atoms with Gasteiger partial charge in [0.05, 0.1) is 5.41 Å². The number of esters is 1. The molecule has 0 aliphatic carbocycles. The van der Waals surface area contributed by atoms with Crippen LogP contribution in [0.5, 0.6) is 0 Å². The van der Waals surface area contributed by atoms with Gasteiger partial charge in [0.15, 0.2) is 0 Å². The van der Waals surface area contributed by atoms with Gasteiger partial charge in [-0.1, -0.05) is 67.7 Å². The second kappa shape index (κ2) is 15.9. The van der Waals surface area contributed by atoms with Crippen LogP contribution in [0.1, 0.15) is 93.9 Å². The molecule has 3 nitrogen and oxygen atoms in total. The van der Waals surface area contributed by atoms with Gasteiger partial charge < -0.3 is 4.74 Å². The quantitative estimate of drug-likeness (QED) is 0.537. The molecule has 0 bridgehead atoms. The molecule has 24 heavy (non-hydrogen) atoms.